The zero-order valence-electron chi connectivity index (χ0n) is 13.6. The number of nitrogens with two attached hydrogens (primary N) is 1. The van der Waals surface area contributed by atoms with Crippen molar-refractivity contribution in [2.45, 2.75) is 36.7 Å². The number of hydrogen-bond donors (Lipinski definition) is 3. The Balaban J connectivity index is 1.96. The smallest absolute Gasteiger partial charge is 0.192 e. The first-order valence-electron chi connectivity index (χ1n) is 7.41. The number of nitrogens with one attached hydrogen (secondary N) is 1. The van der Waals surface area contributed by atoms with E-state index < -0.39 is 5.54 Å². The lowest BCUT2D eigenvalue weighted by atomic mass is 10.1. The highest BCUT2D eigenvalue weighted by Crippen LogP contribution is 2.38. The maximum atomic E-state index is 9.53. The minimum absolute atomic E-state index is 0.0130. The molecule has 9 heteroatoms. The molecule has 0 fully saturated rings. The first-order chi connectivity index (χ1) is 11.4. The summed E-state index contributed by atoms with van der Waals surface area (Å²) in [5, 5.41) is 16.2. The van der Waals surface area contributed by atoms with Gasteiger partial charge in [0.15, 0.2) is 21.8 Å². The number of aliphatic hydroxyl groups is 1. The zero-order valence-corrected chi connectivity index (χ0v) is 16.1. The van der Waals surface area contributed by atoms with E-state index in [1.54, 1.807) is 23.1 Å². The van der Waals surface area contributed by atoms with Crippen LogP contribution in [0.2, 0.25) is 0 Å². The predicted molar refractivity (Wildman–Crippen MR) is 103 cm³/mol. The van der Waals surface area contributed by atoms with Crippen LogP contribution in [0, 0.1) is 0 Å². The minimum atomic E-state index is -0.499. The van der Waals surface area contributed by atoms with Gasteiger partial charge in [-0.2, -0.15) is 0 Å². The maximum absolute atomic E-state index is 9.53. The number of nitrogen functional groups attached to an aromatic ring is 1. The molecule has 3 aromatic heterocycles. The summed E-state index contributed by atoms with van der Waals surface area (Å²) >= 11 is 4.65. The molecule has 0 aliphatic heterocycles. The topological polar surface area (TPSA) is 97.0 Å². The van der Waals surface area contributed by atoms with E-state index in [9.17, 15) is 5.11 Å². The number of anilines is 2. The SMILES string of the molecule is CC(Sc1nc(NC(C)(C)CO)c2sc(N)nc2n1)c1cccs1. The summed E-state index contributed by atoms with van der Waals surface area (Å²) in [6, 6.07) is 4.15. The Morgan fingerprint density at radius 3 is 2.83 bits per heavy atom. The van der Waals surface area contributed by atoms with Gasteiger partial charge in [-0.05, 0) is 32.2 Å². The van der Waals surface area contributed by atoms with E-state index in [0.717, 1.165) is 4.70 Å². The molecule has 1 unspecified atom stereocenters. The molecule has 4 N–H and O–H groups in total. The zero-order chi connectivity index (χ0) is 17.3. The molecule has 1 atom stereocenters. The summed E-state index contributed by atoms with van der Waals surface area (Å²) in [6.07, 6.45) is 0. The van der Waals surface area contributed by atoms with Gasteiger partial charge < -0.3 is 16.2 Å². The lowest BCUT2D eigenvalue weighted by Crippen LogP contribution is -2.35. The van der Waals surface area contributed by atoms with Gasteiger partial charge in [-0.1, -0.05) is 29.2 Å². The van der Waals surface area contributed by atoms with Crippen LogP contribution in [0.4, 0.5) is 10.9 Å². The second kappa shape index (κ2) is 6.83. The fourth-order valence-electron chi connectivity index (χ4n) is 2.06. The molecule has 0 radical (unpaired) electrons. The first-order valence-corrected chi connectivity index (χ1v) is 9.99. The van der Waals surface area contributed by atoms with Crippen LogP contribution >= 0.6 is 34.4 Å². The molecule has 0 spiro atoms. The Kier molecular flexibility index (Phi) is 4.95. The Morgan fingerprint density at radius 2 is 2.17 bits per heavy atom. The normalized spacial score (nSPS) is 13.3. The van der Waals surface area contributed by atoms with Gasteiger partial charge in [0.05, 0.1) is 12.1 Å². The molecule has 3 heterocycles. The summed E-state index contributed by atoms with van der Waals surface area (Å²) < 4.78 is 0.808. The number of thioether (sulfide) groups is 1. The highest BCUT2D eigenvalue weighted by atomic mass is 32.2. The summed E-state index contributed by atoms with van der Waals surface area (Å²) in [7, 11) is 0. The summed E-state index contributed by atoms with van der Waals surface area (Å²) in [6.45, 7) is 5.93. The summed E-state index contributed by atoms with van der Waals surface area (Å²) in [5.74, 6) is 0.661. The van der Waals surface area contributed by atoms with Crippen molar-refractivity contribution >= 4 is 55.7 Å². The van der Waals surface area contributed by atoms with Crippen molar-refractivity contribution in [3.63, 3.8) is 0 Å². The predicted octanol–water partition coefficient (Wildman–Crippen LogP) is 3.77. The van der Waals surface area contributed by atoms with Crippen LogP contribution < -0.4 is 11.1 Å². The van der Waals surface area contributed by atoms with Crippen molar-refractivity contribution in [3.8, 4) is 0 Å². The van der Waals surface area contributed by atoms with Gasteiger partial charge in [0.2, 0.25) is 0 Å². The third-order valence-corrected chi connectivity index (χ3v) is 6.41. The second-order valence-electron chi connectivity index (χ2n) is 6.00. The summed E-state index contributed by atoms with van der Waals surface area (Å²) in [4.78, 5) is 14.7. The quantitative estimate of drug-likeness (QED) is 0.442. The first kappa shape index (κ1) is 17.4. The third-order valence-electron chi connectivity index (χ3n) is 3.33. The summed E-state index contributed by atoms with van der Waals surface area (Å²) in [5.41, 5.74) is 5.93. The molecule has 0 aliphatic rings. The van der Waals surface area contributed by atoms with Gasteiger partial charge in [-0.3, -0.25) is 0 Å². The number of thiophene rings is 1. The van der Waals surface area contributed by atoms with Crippen LogP contribution in [0.5, 0.6) is 0 Å². The van der Waals surface area contributed by atoms with Crippen molar-refractivity contribution in [2.75, 3.05) is 17.7 Å². The average Bonchev–Trinajstić information content (AvgIpc) is 3.15. The molecule has 128 valence electrons. The van der Waals surface area contributed by atoms with E-state index in [-0.39, 0.29) is 11.9 Å². The van der Waals surface area contributed by atoms with E-state index in [1.807, 2.05) is 19.9 Å². The Bertz CT molecular complexity index is 831. The molecule has 3 rings (SSSR count). The molecule has 0 aromatic carbocycles. The maximum Gasteiger partial charge on any atom is 0.192 e. The van der Waals surface area contributed by atoms with Crippen LogP contribution in [0.3, 0.4) is 0 Å². The molecule has 0 bridgehead atoms. The van der Waals surface area contributed by atoms with Crippen LogP contribution in [-0.2, 0) is 0 Å². The van der Waals surface area contributed by atoms with Gasteiger partial charge >= 0.3 is 0 Å². The highest BCUT2D eigenvalue weighted by Gasteiger charge is 2.22. The number of fused-ring (bicyclic) bond motifs is 1. The fourth-order valence-corrected chi connectivity index (χ4v) is 4.54. The van der Waals surface area contributed by atoms with E-state index in [1.165, 1.54) is 16.2 Å². The van der Waals surface area contributed by atoms with Crippen molar-refractivity contribution in [1.82, 2.24) is 15.0 Å². The molecule has 6 nitrogen and oxygen atoms in total. The van der Waals surface area contributed by atoms with E-state index in [4.69, 9.17) is 5.73 Å². The van der Waals surface area contributed by atoms with Crippen LogP contribution in [0.1, 0.15) is 30.9 Å². The lowest BCUT2D eigenvalue weighted by Gasteiger charge is -2.24. The van der Waals surface area contributed by atoms with Crippen molar-refractivity contribution in [3.05, 3.63) is 22.4 Å². The van der Waals surface area contributed by atoms with Gasteiger partial charge in [0.25, 0.3) is 0 Å². The average molecular weight is 382 g/mol. The Hall–Kier alpha value is -1.42. The van der Waals surface area contributed by atoms with Crippen molar-refractivity contribution < 1.29 is 5.11 Å². The second-order valence-corrected chi connectivity index (χ2v) is 9.32. The van der Waals surface area contributed by atoms with E-state index in [0.29, 0.717) is 21.8 Å². The van der Waals surface area contributed by atoms with Gasteiger partial charge in [-0.15, -0.1) is 11.3 Å². The van der Waals surface area contributed by atoms with E-state index >= 15 is 0 Å². The molecular formula is C15H19N5OS3. The highest BCUT2D eigenvalue weighted by molar-refractivity contribution is 7.99. The number of aliphatic hydroxyl groups excluding tert-OH is 1. The monoisotopic (exact) mass is 381 g/mol. The molecule has 0 amide bonds. The molecular weight excluding hydrogens is 362 g/mol. The molecule has 3 aromatic rings. The number of thiazole rings is 1. The molecule has 0 aliphatic carbocycles. The van der Waals surface area contributed by atoms with Crippen LogP contribution in [0.25, 0.3) is 10.3 Å². The lowest BCUT2D eigenvalue weighted by molar-refractivity contribution is 0.234. The standard InChI is InChI=1S/C15H19N5OS3/c1-8(9-5-4-6-22-9)23-14-18-11-10(24-13(16)17-11)12(19-14)20-15(2,3)7-21/h4-6,8,21H,7H2,1-3H3,(H3,16,17,18,19,20). The molecule has 0 saturated carbocycles. The molecule has 0 saturated heterocycles. The van der Waals surface area contributed by atoms with Crippen molar-refractivity contribution in [2.24, 2.45) is 0 Å². The largest absolute Gasteiger partial charge is 0.394 e. The Morgan fingerprint density at radius 1 is 1.38 bits per heavy atom. The van der Waals surface area contributed by atoms with E-state index in [2.05, 4.69) is 38.6 Å². The van der Waals surface area contributed by atoms with Gasteiger partial charge in [-0.25, -0.2) is 15.0 Å². The Labute approximate surface area is 152 Å². The molecule has 24 heavy (non-hydrogen) atoms. The van der Waals surface area contributed by atoms with Gasteiger partial charge in [0.1, 0.15) is 4.70 Å². The fraction of sp³-hybridized carbons (Fsp3) is 0.400. The number of hydrogen-bond acceptors (Lipinski definition) is 9. The number of nitrogens with zero attached hydrogens (tertiary/aromatic N) is 3. The number of aromatic nitrogens is 3. The van der Waals surface area contributed by atoms with Crippen LogP contribution in [0.15, 0.2) is 22.7 Å². The third kappa shape index (κ3) is 3.80. The van der Waals surface area contributed by atoms with Crippen LogP contribution in [-0.4, -0.2) is 32.2 Å². The van der Waals surface area contributed by atoms with Gasteiger partial charge in [0, 0.05) is 10.1 Å². The minimum Gasteiger partial charge on any atom is -0.394 e. The van der Waals surface area contributed by atoms with Crippen molar-refractivity contribution in [1.29, 1.82) is 0 Å². The number of rotatable bonds is 6.